The molecule has 0 amide bonds. The van der Waals surface area contributed by atoms with Crippen molar-refractivity contribution < 1.29 is 0 Å². The highest BCUT2D eigenvalue weighted by atomic mass is 32.1. The molecule has 2 aromatic rings. The Morgan fingerprint density at radius 3 is 2.46 bits per heavy atom. The van der Waals surface area contributed by atoms with Crippen LogP contribution < -0.4 is 15.6 Å². The predicted molar refractivity (Wildman–Crippen MR) is 116 cm³/mol. The Labute approximate surface area is 162 Å². The zero-order valence-corrected chi connectivity index (χ0v) is 16.4. The molecule has 0 radical (unpaired) electrons. The molecule has 0 saturated carbocycles. The Hall–Kier alpha value is -2.40. The normalized spacial score (nSPS) is 10.7. The number of benzene rings is 2. The number of unbranched alkanes of at least 4 members (excludes halogenated alkanes) is 1. The van der Waals surface area contributed by atoms with Gasteiger partial charge in [0, 0.05) is 25.3 Å². The summed E-state index contributed by atoms with van der Waals surface area (Å²) in [5.74, 6) is 0. The quantitative estimate of drug-likeness (QED) is 0.299. The third-order valence-corrected chi connectivity index (χ3v) is 4.29. The van der Waals surface area contributed by atoms with Crippen LogP contribution in [0.2, 0.25) is 0 Å². The first-order chi connectivity index (χ1) is 12.7. The van der Waals surface area contributed by atoms with Crippen molar-refractivity contribution in [3.05, 3.63) is 65.7 Å². The molecule has 0 saturated heterocycles. The zero-order valence-electron chi connectivity index (χ0n) is 15.6. The topological polar surface area (TPSA) is 39.7 Å². The van der Waals surface area contributed by atoms with Gasteiger partial charge in [0.1, 0.15) is 0 Å². The number of hydrazone groups is 1. The summed E-state index contributed by atoms with van der Waals surface area (Å²) < 4.78 is 0. The molecule has 0 heterocycles. The largest absolute Gasteiger partial charge is 0.367 e. The molecule has 26 heavy (non-hydrogen) atoms. The van der Waals surface area contributed by atoms with Crippen molar-refractivity contribution in [3.63, 3.8) is 0 Å². The zero-order chi connectivity index (χ0) is 18.6. The van der Waals surface area contributed by atoms with Crippen molar-refractivity contribution in [2.45, 2.75) is 33.2 Å². The van der Waals surface area contributed by atoms with Gasteiger partial charge in [-0.25, -0.2) is 0 Å². The van der Waals surface area contributed by atoms with Gasteiger partial charge in [-0.3, -0.25) is 5.43 Å². The molecule has 0 fully saturated rings. The second-order valence-corrected chi connectivity index (χ2v) is 6.48. The van der Waals surface area contributed by atoms with Crippen LogP contribution >= 0.6 is 12.2 Å². The van der Waals surface area contributed by atoms with Crippen LogP contribution in [0, 0.1) is 0 Å². The lowest BCUT2D eigenvalue weighted by Crippen LogP contribution is -2.32. The Balaban J connectivity index is 1.88. The van der Waals surface area contributed by atoms with Gasteiger partial charge in [0.2, 0.25) is 0 Å². The molecule has 0 aliphatic rings. The Morgan fingerprint density at radius 1 is 1.08 bits per heavy atom. The van der Waals surface area contributed by atoms with E-state index in [1.165, 1.54) is 11.3 Å². The average Bonchev–Trinajstić information content (AvgIpc) is 2.68. The summed E-state index contributed by atoms with van der Waals surface area (Å²) in [6.45, 7) is 7.07. The van der Waals surface area contributed by atoms with Gasteiger partial charge in [-0.05, 0) is 48.8 Å². The lowest BCUT2D eigenvalue weighted by atomic mass is 10.1. The van der Waals surface area contributed by atoms with Gasteiger partial charge in [0.15, 0.2) is 5.11 Å². The summed E-state index contributed by atoms with van der Waals surface area (Å²) in [5, 5.41) is 7.88. The number of nitrogens with zero attached hydrogens (tertiary/aromatic N) is 2. The maximum absolute atomic E-state index is 5.17. The van der Waals surface area contributed by atoms with Gasteiger partial charge >= 0.3 is 0 Å². The molecule has 0 spiro atoms. The van der Waals surface area contributed by atoms with Gasteiger partial charge in [-0.2, -0.15) is 5.10 Å². The van der Waals surface area contributed by atoms with Crippen LogP contribution in [0.1, 0.15) is 37.8 Å². The molecule has 2 N–H and O–H groups in total. The summed E-state index contributed by atoms with van der Waals surface area (Å²) >= 11 is 5.17. The van der Waals surface area contributed by atoms with E-state index >= 15 is 0 Å². The minimum absolute atomic E-state index is 0.561. The SMILES string of the molecule is CCCCNC(=S)NN=Cc1ccc(N(CC)Cc2ccccc2)cc1. The van der Waals surface area contributed by atoms with Crippen LogP contribution in [0.5, 0.6) is 0 Å². The molecule has 0 atom stereocenters. The summed E-state index contributed by atoms with van der Waals surface area (Å²) in [4.78, 5) is 2.35. The fraction of sp³-hybridized carbons (Fsp3) is 0.333. The van der Waals surface area contributed by atoms with Crippen molar-refractivity contribution in [1.82, 2.24) is 10.7 Å². The van der Waals surface area contributed by atoms with E-state index < -0.39 is 0 Å². The standard InChI is InChI=1S/C21H28N4S/c1-3-5-15-22-21(26)24-23-16-18-11-13-20(14-12-18)25(4-2)17-19-9-7-6-8-10-19/h6-14,16H,3-5,15,17H2,1-2H3,(H2,22,24,26). The van der Waals surface area contributed by atoms with E-state index in [2.05, 4.69) is 83.1 Å². The molecule has 5 heteroatoms. The molecule has 0 aliphatic carbocycles. The molecule has 0 unspecified atom stereocenters. The van der Waals surface area contributed by atoms with Crippen molar-refractivity contribution in [2.75, 3.05) is 18.0 Å². The van der Waals surface area contributed by atoms with Crippen molar-refractivity contribution in [2.24, 2.45) is 5.10 Å². The fourth-order valence-corrected chi connectivity index (χ4v) is 2.70. The summed E-state index contributed by atoms with van der Waals surface area (Å²) in [7, 11) is 0. The maximum atomic E-state index is 5.17. The fourth-order valence-electron chi connectivity index (χ4n) is 2.54. The number of nitrogens with one attached hydrogen (secondary N) is 2. The van der Waals surface area contributed by atoms with E-state index in [0.29, 0.717) is 5.11 Å². The number of thiocarbonyl (C=S) groups is 1. The second-order valence-electron chi connectivity index (χ2n) is 6.07. The van der Waals surface area contributed by atoms with Gasteiger partial charge in [0.25, 0.3) is 0 Å². The summed E-state index contributed by atoms with van der Waals surface area (Å²) in [5.41, 5.74) is 6.41. The van der Waals surface area contributed by atoms with Crippen molar-refractivity contribution in [3.8, 4) is 0 Å². The third-order valence-electron chi connectivity index (χ3n) is 4.05. The van der Waals surface area contributed by atoms with Crippen molar-refractivity contribution in [1.29, 1.82) is 0 Å². The van der Waals surface area contributed by atoms with Crippen LogP contribution in [0.25, 0.3) is 0 Å². The van der Waals surface area contributed by atoms with E-state index in [9.17, 15) is 0 Å². The van der Waals surface area contributed by atoms with Gasteiger partial charge in [0.05, 0.1) is 6.21 Å². The first-order valence-electron chi connectivity index (χ1n) is 9.18. The van der Waals surface area contributed by atoms with Crippen molar-refractivity contribution >= 4 is 29.2 Å². The Kier molecular flexibility index (Phi) is 8.63. The third kappa shape index (κ3) is 6.84. The van der Waals surface area contributed by atoms with E-state index in [1.54, 1.807) is 6.21 Å². The minimum Gasteiger partial charge on any atom is -0.367 e. The number of anilines is 1. The van der Waals surface area contributed by atoms with Crippen LogP contribution in [-0.2, 0) is 6.54 Å². The molecule has 0 aliphatic heterocycles. The summed E-state index contributed by atoms with van der Waals surface area (Å²) in [6, 6.07) is 18.9. The maximum Gasteiger partial charge on any atom is 0.186 e. The van der Waals surface area contributed by atoms with Crippen LogP contribution in [-0.4, -0.2) is 24.4 Å². The molecule has 2 rings (SSSR count). The molecule has 138 valence electrons. The van der Waals surface area contributed by atoms with E-state index in [0.717, 1.165) is 38.0 Å². The number of rotatable bonds is 9. The van der Waals surface area contributed by atoms with E-state index in [1.807, 2.05) is 6.07 Å². The lowest BCUT2D eigenvalue weighted by Gasteiger charge is -2.23. The predicted octanol–water partition coefficient (Wildman–Crippen LogP) is 4.31. The molecule has 0 bridgehead atoms. The molecule has 2 aromatic carbocycles. The van der Waals surface area contributed by atoms with Gasteiger partial charge in [-0.15, -0.1) is 0 Å². The molecule has 4 nitrogen and oxygen atoms in total. The first kappa shape index (κ1) is 19.9. The van der Waals surface area contributed by atoms with E-state index in [-0.39, 0.29) is 0 Å². The highest BCUT2D eigenvalue weighted by Crippen LogP contribution is 2.17. The highest BCUT2D eigenvalue weighted by Gasteiger charge is 2.05. The first-order valence-corrected chi connectivity index (χ1v) is 9.59. The smallest absolute Gasteiger partial charge is 0.186 e. The van der Waals surface area contributed by atoms with Gasteiger partial charge < -0.3 is 10.2 Å². The monoisotopic (exact) mass is 368 g/mol. The Bertz CT molecular complexity index is 683. The number of hydrogen-bond acceptors (Lipinski definition) is 3. The molecule has 0 aromatic heterocycles. The molecular weight excluding hydrogens is 340 g/mol. The van der Waals surface area contributed by atoms with Crippen LogP contribution in [0.4, 0.5) is 5.69 Å². The number of hydrogen-bond donors (Lipinski definition) is 2. The Morgan fingerprint density at radius 2 is 1.81 bits per heavy atom. The highest BCUT2D eigenvalue weighted by molar-refractivity contribution is 7.80. The van der Waals surface area contributed by atoms with E-state index in [4.69, 9.17) is 12.2 Å². The lowest BCUT2D eigenvalue weighted by molar-refractivity contribution is 0.745. The van der Waals surface area contributed by atoms with Crippen LogP contribution in [0.3, 0.4) is 0 Å². The van der Waals surface area contributed by atoms with Gasteiger partial charge in [-0.1, -0.05) is 55.8 Å². The second kappa shape index (κ2) is 11.3. The van der Waals surface area contributed by atoms with Crippen LogP contribution in [0.15, 0.2) is 59.7 Å². The average molecular weight is 369 g/mol. The minimum atomic E-state index is 0.561. The molecular formula is C21H28N4S. The summed E-state index contributed by atoms with van der Waals surface area (Å²) in [6.07, 6.45) is 4.03.